The van der Waals surface area contributed by atoms with Crippen LogP contribution in [0, 0.1) is 0 Å². The highest BCUT2D eigenvalue weighted by Crippen LogP contribution is 2.22. The van der Waals surface area contributed by atoms with E-state index < -0.39 is 10.0 Å². The van der Waals surface area contributed by atoms with Gasteiger partial charge in [-0.2, -0.15) is 0 Å². The van der Waals surface area contributed by atoms with Crippen LogP contribution < -0.4 is 9.46 Å². The Morgan fingerprint density at radius 3 is 2.48 bits per heavy atom. The number of anilines is 1. The molecule has 0 spiro atoms. The molecule has 1 heterocycles. The zero-order chi connectivity index (χ0) is 16.4. The number of sulfonamides is 1. The Bertz CT molecular complexity index is 912. The van der Waals surface area contributed by atoms with Crippen LogP contribution in [-0.2, 0) is 10.0 Å². The van der Waals surface area contributed by atoms with E-state index in [0.717, 1.165) is 10.9 Å². The van der Waals surface area contributed by atoms with Crippen molar-refractivity contribution in [2.24, 2.45) is 0 Å². The maximum absolute atomic E-state index is 12.4. The molecule has 2 N–H and O–H groups in total. The number of fused-ring (bicyclic) bond motifs is 1. The number of aromatic amines is 1. The highest BCUT2D eigenvalue weighted by atomic mass is 32.2. The third-order valence-electron chi connectivity index (χ3n) is 3.31. The highest BCUT2D eigenvalue weighted by molar-refractivity contribution is 7.92. The summed E-state index contributed by atoms with van der Waals surface area (Å²) >= 11 is 0. The Labute approximate surface area is 135 Å². The van der Waals surface area contributed by atoms with E-state index in [0.29, 0.717) is 11.4 Å². The second-order valence-electron chi connectivity index (χ2n) is 5.52. The molecule has 120 valence electrons. The molecule has 0 fully saturated rings. The van der Waals surface area contributed by atoms with E-state index in [4.69, 9.17) is 4.74 Å². The first-order chi connectivity index (χ1) is 10.9. The summed E-state index contributed by atoms with van der Waals surface area (Å²) in [5.41, 5.74) is 1.49. The van der Waals surface area contributed by atoms with E-state index in [1.165, 1.54) is 12.1 Å². The van der Waals surface area contributed by atoms with Crippen molar-refractivity contribution in [1.82, 2.24) is 4.98 Å². The normalized spacial score (nSPS) is 11.8. The Morgan fingerprint density at radius 1 is 1.04 bits per heavy atom. The van der Waals surface area contributed by atoms with Crippen molar-refractivity contribution in [2.75, 3.05) is 4.72 Å². The highest BCUT2D eigenvalue weighted by Gasteiger charge is 2.14. The van der Waals surface area contributed by atoms with Gasteiger partial charge in [-0.05, 0) is 62.4 Å². The first kappa shape index (κ1) is 15.4. The summed E-state index contributed by atoms with van der Waals surface area (Å²) in [5, 5.41) is 0.950. The first-order valence-electron chi connectivity index (χ1n) is 7.31. The third kappa shape index (κ3) is 3.48. The molecule has 0 radical (unpaired) electrons. The van der Waals surface area contributed by atoms with Crippen molar-refractivity contribution in [2.45, 2.75) is 24.8 Å². The molecule has 23 heavy (non-hydrogen) atoms. The van der Waals surface area contributed by atoms with Gasteiger partial charge in [-0.25, -0.2) is 8.42 Å². The predicted molar refractivity (Wildman–Crippen MR) is 91.3 cm³/mol. The van der Waals surface area contributed by atoms with Crippen molar-refractivity contribution in [3.63, 3.8) is 0 Å². The van der Waals surface area contributed by atoms with Gasteiger partial charge >= 0.3 is 0 Å². The lowest BCUT2D eigenvalue weighted by atomic mass is 10.2. The summed E-state index contributed by atoms with van der Waals surface area (Å²) in [7, 11) is -3.63. The van der Waals surface area contributed by atoms with Gasteiger partial charge < -0.3 is 9.72 Å². The molecule has 0 atom stereocenters. The molecule has 0 aliphatic heterocycles. The molecule has 0 aliphatic carbocycles. The van der Waals surface area contributed by atoms with E-state index in [1.54, 1.807) is 24.3 Å². The number of ether oxygens (including phenoxy) is 1. The smallest absolute Gasteiger partial charge is 0.261 e. The van der Waals surface area contributed by atoms with Crippen LogP contribution in [0.5, 0.6) is 5.75 Å². The zero-order valence-electron chi connectivity index (χ0n) is 12.9. The number of nitrogens with one attached hydrogen (secondary N) is 2. The van der Waals surface area contributed by atoms with Crippen LogP contribution in [0.15, 0.2) is 59.6 Å². The number of hydrogen-bond acceptors (Lipinski definition) is 3. The quantitative estimate of drug-likeness (QED) is 0.748. The Balaban J connectivity index is 1.83. The van der Waals surface area contributed by atoms with E-state index in [2.05, 4.69) is 9.71 Å². The molecule has 0 bridgehead atoms. The Kier molecular flexibility index (Phi) is 4.00. The Morgan fingerprint density at radius 2 is 1.78 bits per heavy atom. The van der Waals surface area contributed by atoms with Gasteiger partial charge in [-0.3, -0.25) is 4.72 Å². The lowest BCUT2D eigenvalue weighted by Gasteiger charge is -2.11. The maximum Gasteiger partial charge on any atom is 0.261 e. The van der Waals surface area contributed by atoms with Crippen LogP contribution in [0.1, 0.15) is 13.8 Å². The lowest BCUT2D eigenvalue weighted by Crippen LogP contribution is -2.13. The van der Waals surface area contributed by atoms with E-state index in [1.807, 2.05) is 32.2 Å². The Hall–Kier alpha value is -2.47. The summed E-state index contributed by atoms with van der Waals surface area (Å²) in [6.45, 7) is 3.84. The monoisotopic (exact) mass is 330 g/mol. The summed E-state index contributed by atoms with van der Waals surface area (Å²) in [4.78, 5) is 3.27. The second-order valence-corrected chi connectivity index (χ2v) is 7.21. The minimum absolute atomic E-state index is 0.0451. The fraction of sp³-hybridized carbons (Fsp3) is 0.176. The number of aromatic nitrogens is 1. The molecule has 0 amide bonds. The maximum atomic E-state index is 12.4. The minimum Gasteiger partial charge on any atom is -0.491 e. The van der Waals surface area contributed by atoms with Gasteiger partial charge in [0.05, 0.1) is 11.0 Å². The average Bonchev–Trinajstić information content (AvgIpc) is 2.94. The molecule has 0 saturated carbocycles. The van der Waals surface area contributed by atoms with Crippen molar-refractivity contribution in [1.29, 1.82) is 0 Å². The fourth-order valence-electron chi connectivity index (χ4n) is 2.30. The van der Waals surface area contributed by atoms with Gasteiger partial charge in [0, 0.05) is 22.8 Å². The summed E-state index contributed by atoms with van der Waals surface area (Å²) < 4.78 is 33.0. The standard InChI is InChI=1S/C17H18N2O3S/c1-12(2)22-15-4-6-16(7-5-15)23(20,21)19-14-3-8-17-13(11-14)9-10-18-17/h3-12,18-19H,1-2H3. The van der Waals surface area contributed by atoms with Crippen LogP contribution >= 0.6 is 0 Å². The largest absolute Gasteiger partial charge is 0.491 e. The van der Waals surface area contributed by atoms with Crippen molar-refractivity contribution < 1.29 is 13.2 Å². The predicted octanol–water partition coefficient (Wildman–Crippen LogP) is 3.76. The third-order valence-corrected chi connectivity index (χ3v) is 4.71. The molecule has 2 aromatic carbocycles. The molecule has 0 saturated heterocycles. The molecular formula is C17H18N2O3S. The van der Waals surface area contributed by atoms with Gasteiger partial charge in [-0.1, -0.05) is 0 Å². The number of hydrogen-bond donors (Lipinski definition) is 2. The number of benzene rings is 2. The topological polar surface area (TPSA) is 71.2 Å². The minimum atomic E-state index is -3.63. The van der Waals surface area contributed by atoms with Crippen LogP contribution in [0.25, 0.3) is 10.9 Å². The molecule has 5 nitrogen and oxygen atoms in total. The molecular weight excluding hydrogens is 312 g/mol. The molecule has 3 aromatic rings. The van der Waals surface area contributed by atoms with Gasteiger partial charge in [0.2, 0.25) is 0 Å². The van der Waals surface area contributed by atoms with Gasteiger partial charge in [-0.15, -0.1) is 0 Å². The van der Waals surface area contributed by atoms with E-state index >= 15 is 0 Å². The molecule has 1 aromatic heterocycles. The van der Waals surface area contributed by atoms with E-state index in [9.17, 15) is 8.42 Å². The lowest BCUT2D eigenvalue weighted by molar-refractivity contribution is 0.242. The number of H-pyrrole nitrogens is 1. The van der Waals surface area contributed by atoms with Crippen LogP contribution in [0.4, 0.5) is 5.69 Å². The molecule has 0 unspecified atom stereocenters. The molecule has 6 heteroatoms. The SMILES string of the molecule is CC(C)Oc1ccc(S(=O)(=O)Nc2ccc3[nH]ccc3c2)cc1. The summed E-state index contributed by atoms with van der Waals surface area (Å²) in [6, 6.07) is 13.6. The van der Waals surface area contributed by atoms with Crippen LogP contribution in [-0.4, -0.2) is 19.5 Å². The summed E-state index contributed by atoms with van der Waals surface area (Å²) in [6.07, 6.45) is 1.86. The fourth-order valence-corrected chi connectivity index (χ4v) is 3.35. The molecule has 3 rings (SSSR count). The van der Waals surface area contributed by atoms with Crippen molar-refractivity contribution >= 4 is 26.6 Å². The van der Waals surface area contributed by atoms with Crippen LogP contribution in [0.3, 0.4) is 0 Å². The van der Waals surface area contributed by atoms with Crippen molar-refractivity contribution in [3.05, 3.63) is 54.7 Å². The van der Waals surface area contributed by atoms with E-state index in [-0.39, 0.29) is 11.0 Å². The number of rotatable bonds is 5. The van der Waals surface area contributed by atoms with Gasteiger partial charge in [0.15, 0.2) is 0 Å². The van der Waals surface area contributed by atoms with Gasteiger partial charge in [0.1, 0.15) is 5.75 Å². The molecule has 0 aliphatic rings. The zero-order valence-corrected chi connectivity index (χ0v) is 13.7. The average molecular weight is 330 g/mol. The second kappa shape index (κ2) is 5.96. The summed E-state index contributed by atoms with van der Waals surface area (Å²) in [5.74, 6) is 0.646. The van der Waals surface area contributed by atoms with Crippen LogP contribution in [0.2, 0.25) is 0 Å². The van der Waals surface area contributed by atoms with Gasteiger partial charge in [0.25, 0.3) is 10.0 Å². The first-order valence-corrected chi connectivity index (χ1v) is 8.79. The van der Waals surface area contributed by atoms with Crippen molar-refractivity contribution in [3.8, 4) is 5.75 Å².